The van der Waals surface area contributed by atoms with Crippen molar-refractivity contribution in [1.29, 1.82) is 0 Å². The number of hydrogen-bond donors (Lipinski definition) is 0. The van der Waals surface area contributed by atoms with Gasteiger partial charge in [0.2, 0.25) is 11.8 Å². The molecule has 0 saturated carbocycles. The quantitative estimate of drug-likeness (QED) is 0.379. The van der Waals surface area contributed by atoms with Crippen LogP contribution in [0.1, 0.15) is 94.8 Å². The third-order valence-corrected chi connectivity index (χ3v) is 7.63. The van der Waals surface area contributed by atoms with Gasteiger partial charge in [-0.05, 0) is 52.3 Å². The standard InChI is InChI=1S/C29H42N2O2S/c1-7-8-9-10-26(32)30(19-21(2)3)20-27(33)31-17-15-25-24(16-18-34-25)28(31)22-11-13-23(14-12-22)29(4,5)6/h11-14,16,18,21,28H,7-10,15,17,19-20H2,1-6H3. The Bertz CT molecular complexity index is 955. The predicted octanol–water partition coefficient (Wildman–Crippen LogP) is 6.58. The normalized spacial score (nSPS) is 16.0. The number of thiophene rings is 1. The summed E-state index contributed by atoms with van der Waals surface area (Å²) in [5.74, 6) is 0.481. The number of unbranched alkanes of at least 4 members (excludes halogenated alkanes) is 2. The van der Waals surface area contributed by atoms with E-state index in [4.69, 9.17) is 0 Å². The molecule has 2 heterocycles. The molecule has 0 radical (unpaired) electrons. The molecule has 5 heteroatoms. The molecule has 1 atom stereocenters. The van der Waals surface area contributed by atoms with Gasteiger partial charge in [0.1, 0.15) is 0 Å². The Morgan fingerprint density at radius 3 is 2.44 bits per heavy atom. The fourth-order valence-electron chi connectivity index (χ4n) is 4.74. The van der Waals surface area contributed by atoms with Crippen molar-refractivity contribution in [2.24, 2.45) is 5.92 Å². The van der Waals surface area contributed by atoms with Crippen molar-refractivity contribution in [3.63, 3.8) is 0 Å². The zero-order valence-electron chi connectivity index (χ0n) is 21.9. The zero-order chi connectivity index (χ0) is 24.9. The molecule has 0 fully saturated rings. The third kappa shape index (κ3) is 6.50. The number of carbonyl (C=O) groups is 2. The van der Waals surface area contributed by atoms with Crippen molar-refractivity contribution in [3.05, 3.63) is 57.3 Å². The first-order valence-corrected chi connectivity index (χ1v) is 13.7. The minimum Gasteiger partial charge on any atom is -0.333 e. The van der Waals surface area contributed by atoms with E-state index in [1.54, 1.807) is 16.2 Å². The second-order valence-corrected chi connectivity index (χ2v) is 12.0. The number of carbonyl (C=O) groups excluding carboxylic acids is 2. The van der Waals surface area contributed by atoms with Crippen LogP contribution < -0.4 is 0 Å². The van der Waals surface area contributed by atoms with Gasteiger partial charge in [-0.2, -0.15) is 0 Å². The molecule has 2 amide bonds. The average Bonchev–Trinajstić information content (AvgIpc) is 3.26. The molecule has 34 heavy (non-hydrogen) atoms. The Hall–Kier alpha value is -2.14. The van der Waals surface area contributed by atoms with Gasteiger partial charge in [0.25, 0.3) is 0 Å². The second kappa shape index (κ2) is 11.5. The number of benzene rings is 1. The van der Waals surface area contributed by atoms with Gasteiger partial charge < -0.3 is 9.80 Å². The highest BCUT2D eigenvalue weighted by Gasteiger charge is 2.34. The third-order valence-electron chi connectivity index (χ3n) is 6.64. The maximum absolute atomic E-state index is 13.7. The van der Waals surface area contributed by atoms with E-state index in [1.165, 1.54) is 16.0 Å². The molecule has 2 aromatic rings. The first-order valence-electron chi connectivity index (χ1n) is 12.9. The van der Waals surface area contributed by atoms with E-state index in [9.17, 15) is 9.59 Å². The van der Waals surface area contributed by atoms with Crippen LogP contribution in [0.2, 0.25) is 0 Å². The molecule has 1 aromatic heterocycles. The van der Waals surface area contributed by atoms with Crippen molar-refractivity contribution < 1.29 is 9.59 Å². The number of rotatable bonds is 9. The lowest BCUT2D eigenvalue weighted by Crippen LogP contribution is -2.47. The van der Waals surface area contributed by atoms with Crippen molar-refractivity contribution in [2.45, 2.75) is 85.1 Å². The minimum absolute atomic E-state index is 0.0474. The molecule has 0 aliphatic carbocycles. The SMILES string of the molecule is CCCCCC(=O)N(CC(=O)N1CCc2sccc2C1c1ccc(C(C)(C)C)cc1)CC(C)C. The van der Waals surface area contributed by atoms with Gasteiger partial charge in [-0.1, -0.05) is 78.6 Å². The molecule has 1 unspecified atom stereocenters. The Balaban J connectivity index is 1.85. The molecule has 1 aromatic carbocycles. The van der Waals surface area contributed by atoms with Crippen LogP contribution >= 0.6 is 11.3 Å². The molecule has 4 nitrogen and oxygen atoms in total. The van der Waals surface area contributed by atoms with Crippen LogP contribution in [0.25, 0.3) is 0 Å². The Morgan fingerprint density at radius 1 is 1.12 bits per heavy atom. The molecule has 1 aliphatic rings. The lowest BCUT2D eigenvalue weighted by molar-refractivity contribution is -0.142. The first-order chi connectivity index (χ1) is 16.1. The molecule has 186 valence electrons. The summed E-state index contributed by atoms with van der Waals surface area (Å²) in [6.07, 6.45) is 4.44. The fourth-order valence-corrected chi connectivity index (χ4v) is 5.65. The van der Waals surface area contributed by atoms with Crippen LogP contribution in [0.5, 0.6) is 0 Å². The predicted molar refractivity (Wildman–Crippen MR) is 142 cm³/mol. The number of nitrogens with zero attached hydrogens (tertiary/aromatic N) is 2. The lowest BCUT2D eigenvalue weighted by atomic mass is 9.85. The fraction of sp³-hybridized carbons (Fsp3) is 0.586. The van der Waals surface area contributed by atoms with Crippen LogP contribution in [-0.4, -0.2) is 41.2 Å². The van der Waals surface area contributed by atoms with E-state index in [0.29, 0.717) is 25.4 Å². The number of fused-ring (bicyclic) bond motifs is 1. The van der Waals surface area contributed by atoms with E-state index >= 15 is 0 Å². The topological polar surface area (TPSA) is 40.6 Å². The first kappa shape index (κ1) is 26.5. The van der Waals surface area contributed by atoms with Crippen LogP contribution in [0.4, 0.5) is 0 Å². The Labute approximate surface area is 210 Å². The van der Waals surface area contributed by atoms with E-state index in [2.05, 4.69) is 77.3 Å². The van der Waals surface area contributed by atoms with Crippen molar-refractivity contribution in [3.8, 4) is 0 Å². The maximum Gasteiger partial charge on any atom is 0.242 e. The highest BCUT2D eigenvalue weighted by atomic mass is 32.1. The number of amides is 2. The Morgan fingerprint density at radius 2 is 1.82 bits per heavy atom. The van der Waals surface area contributed by atoms with Gasteiger partial charge in [-0.25, -0.2) is 0 Å². The summed E-state index contributed by atoms with van der Waals surface area (Å²) in [5, 5.41) is 2.14. The van der Waals surface area contributed by atoms with Crippen LogP contribution in [0.3, 0.4) is 0 Å². The van der Waals surface area contributed by atoms with Gasteiger partial charge in [0.05, 0.1) is 12.6 Å². The molecular weight excluding hydrogens is 440 g/mol. The molecule has 0 bridgehead atoms. The minimum atomic E-state index is -0.0902. The zero-order valence-corrected chi connectivity index (χ0v) is 22.7. The van der Waals surface area contributed by atoms with Gasteiger partial charge in [-0.3, -0.25) is 9.59 Å². The lowest BCUT2D eigenvalue weighted by Gasteiger charge is -2.38. The summed E-state index contributed by atoms with van der Waals surface area (Å²) in [7, 11) is 0. The molecule has 1 aliphatic heterocycles. The number of hydrogen-bond acceptors (Lipinski definition) is 3. The summed E-state index contributed by atoms with van der Waals surface area (Å²) in [6, 6.07) is 10.8. The summed E-state index contributed by atoms with van der Waals surface area (Å²) in [4.78, 5) is 31.8. The highest BCUT2D eigenvalue weighted by Crippen LogP contribution is 2.38. The summed E-state index contributed by atoms with van der Waals surface area (Å²) in [5.41, 5.74) is 3.75. The monoisotopic (exact) mass is 482 g/mol. The largest absolute Gasteiger partial charge is 0.333 e. The Kier molecular flexibility index (Phi) is 8.97. The van der Waals surface area contributed by atoms with Gasteiger partial charge in [0.15, 0.2) is 0 Å². The maximum atomic E-state index is 13.7. The smallest absolute Gasteiger partial charge is 0.242 e. The van der Waals surface area contributed by atoms with Gasteiger partial charge in [0, 0.05) is 24.4 Å². The van der Waals surface area contributed by atoms with Crippen molar-refractivity contribution >= 4 is 23.2 Å². The second-order valence-electron chi connectivity index (χ2n) is 11.0. The van der Waals surface area contributed by atoms with Crippen LogP contribution in [0, 0.1) is 5.92 Å². The summed E-state index contributed by atoms with van der Waals surface area (Å²) in [6.45, 7) is 14.5. The summed E-state index contributed by atoms with van der Waals surface area (Å²) >= 11 is 1.78. The van der Waals surface area contributed by atoms with E-state index < -0.39 is 0 Å². The van der Waals surface area contributed by atoms with Gasteiger partial charge in [-0.15, -0.1) is 11.3 Å². The van der Waals surface area contributed by atoms with E-state index in [1.807, 2.05) is 4.90 Å². The molecule has 3 rings (SSSR count). The van der Waals surface area contributed by atoms with Crippen molar-refractivity contribution in [2.75, 3.05) is 19.6 Å². The van der Waals surface area contributed by atoms with E-state index in [0.717, 1.165) is 31.2 Å². The molecular formula is C29H42N2O2S. The summed E-state index contributed by atoms with van der Waals surface area (Å²) < 4.78 is 0. The molecule has 0 spiro atoms. The van der Waals surface area contributed by atoms with Crippen LogP contribution in [-0.2, 0) is 21.4 Å². The van der Waals surface area contributed by atoms with E-state index in [-0.39, 0.29) is 29.8 Å². The molecule has 0 saturated heterocycles. The van der Waals surface area contributed by atoms with Gasteiger partial charge >= 0.3 is 0 Å². The average molecular weight is 483 g/mol. The molecule has 0 N–H and O–H groups in total. The van der Waals surface area contributed by atoms with Crippen LogP contribution in [0.15, 0.2) is 35.7 Å². The van der Waals surface area contributed by atoms with Crippen molar-refractivity contribution in [1.82, 2.24) is 9.80 Å². The highest BCUT2D eigenvalue weighted by molar-refractivity contribution is 7.10.